The van der Waals surface area contributed by atoms with Crippen LogP contribution < -0.4 is 15.8 Å². The fourth-order valence-corrected chi connectivity index (χ4v) is 6.31. The van der Waals surface area contributed by atoms with Crippen molar-refractivity contribution in [3.05, 3.63) is 90.1 Å². The van der Waals surface area contributed by atoms with Gasteiger partial charge in [0.25, 0.3) is 5.91 Å². The molecule has 0 saturated carbocycles. The van der Waals surface area contributed by atoms with Crippen LogP contribution in [0.4, 0.5) is 9.18 Å². The van der Waals surface area contributed by atoms with E-state index < -0.39 is 24.2 Å². The van der Waals surface area contributed by atoms with Gasteiger partial charge in [-0.15, -0.1) is 6.58 Å². The van der Waals surface area contributed by atoms with E-state index in [1.54, 1.807) is 12.1 Å². The third-order valence-corrected chi connectivity index (χ3v) is 8.98. The first kappa shape index (κ1) is 33.7. The number of imidazole rings is 1. The Balaban J connectivity index is 1.27. The number of allylic oxidation sites excluding steroid dienone is 1. The smallest absolute Gasteiger partial charge is 0.410 e. The van der Waals surface area contributed by atoms with Crippen molar-refractivity contribution in [3.63, 3.8) is 0 Å². The summed E-state index contributed by atoms with van der Waals surface area (Å²) in [7, 11) is 3.44. The number of amides is 2. The first-order chi connectivity index (χ1) is 23.7. The lowest BCUT2D eigenvalue weighted by Crippen LogP contribution is -2.55. The third kappa shape index (κ3) is 7.00. The van der Waals surface area contributed by atoms with E-state index in [-0.39, 0.29) is 37.7 Å². The Morgan fingerprint density at radius 2 is 1.96 bits per heavy atom. The first-order valence-corrected chi connectivity index (χ1v) is 16.5. The largest absolute Gasteiger partial charge is 0.494 e. The molecule has 4 heterocycles. The van der Waals surface area contributed by atoms with E-state index in [2.05, 4.69) is 22.5 Å². The number of piperidine rings is 1. The number of carbonyl (C=O) groups is 2. The normalized spacial score (nSPS) is 16.9. The van der Waals surface area contributed by atoms with Gasteiger partial charge in [0.2, 0.25) is 0 Å². The molecule has 0 radical (unpaired) electrons. The number of ether oxygens (including phenoxy) is 2. The fourth-order valence-electron chi connectivity index (χ4n) is 6.31. The number of aromatic nitrogens is 4. The van der Waals surface area contributed by atoms with Gasteiger partial charge in [0, 0.05) is 43.7 Å². The second kappa shape index (κ2) is 14.5. The monoisotopic (exact) mass is 667 g/mol. The molecule has 2 aromatic carbocycles. The van der Waals surface area contributed by atoms with Crippen molar-refractivity contribution in [2.24, 2.45) is 12.8 Å². The fraction of sp³-hybridized carbons (Fsp3) is 0.351. The predicted molar refractivity (Wildman–Crippen MR) is 187 cm³/mol. The number of nitrogens with zero attached hydrogens (tertiary/aromatic N) is 5. The zero-order valence-corrected chi connectivity index (χ0v) is 28.1. The molecule has 3 atom stereocenters. The highest BCUT2D eigenvalue weighted by Gasteiger charge is 2.34. The van der Waals surface area contributed by atoms with Crippen molar-refractivity contribution in [2.45, 2.75) is 57.6 Å². The maximum absolute atomic E-state index is 15.1. The number of pyridine rings is 1. The zero-order chi connectivity index (χ0) is 34.7. The number of hydrogen-bond acceptors (Lipinski definition) is 7. The van der Waals surface area contributed by atoms with Crippen LogP contribution in [0.1, 0.15) is 53.8 Å². The predicted octanol–water partition coefficient (Wildman–Crippen LogP) is 6.06. The van der Waals surface area contributed by atoms with Crippen LogP contribution in [-0.4, -0.2) is 68.4 Å². The molecule has 49 heavy (non-hydrogen) atoms. The molecule has 1 fully saturated rings. The van der Waals surface area contributed by atoms with Crippen LogP contribution in [0, 0.1) is 0 Å². The van der Waals surface area contributed by atoms with Crippen molar-refractivity contribution >= 4 is 34.1 Å². The van der Waals surface area contributed by atoms with Crippen LogP contribution in [0.3, 0.4) is 0 Å². The van der Waals surface area contributed by atoms with Crippen molar-refractivity contribution in [1.82, 2.24) is 29.3 Å². The minimum atomic E-state index is -1.33. The minimum Gasteiger partial charge on any atom is -0.494 e. The average Bonchev–Trinajstić information content (AvgIpc) is 3.64. The Kier molecular flexibility index (Phi) is 9.95. The van der Waals surface area contributed by atoms with Gasteiger partial charge in [-0.1, -0.05) is 36.4 Å². The van der Waals surface area contributed by atoms with E-state index in [0.29, 0.717) is 29.2 Å². The first-order valence-electron chi connectivity index (χ1n) is 16.5. The van der Waals surface area contributed by atoms with E-state index in [4.69, 9.17) is 25.2 Å². The number of unbranched alkanes of at least 4 members (excludes halogenated alkanes) is 1. The number of aryl methyl sites for hydroxylation is 2. The zero-order valence-electron chi connectivity index (χ0n) is 28.1. The van der Waals surface area contributed by atoms with E-state index in [0.717, 1.165) is 40.8 Å². The average molecular weight is 668 g/mol. The van der Waals surface area contributed by atoms with Crippen molar-refractivity contribution in [1.29, 1.82) is 0 Å². The van der Waals surface area contributed by atoms with E-state index in [1.807, 2.05) is 67.1 Å². The molecular formula is C37H42FN7O4. The second-order valence-electron chi connectivity index (χ2n) is 12.5. The van der Waals surface area contributed by atoms with Crippen LogP contribution in [0.15, 0.2) is 73.3 Å². The molecule has 1 saturated heterocycles. The van der Waals surface area contributed by atoms with Gasteiger partial charge in [-0.2, -0.15) is 0 Å². The standard InChI is InChI=1S/C37H42FN7O4/c1-5-6-10-16-45-31(19-25-13-14-28(23(2)39)40-34(25)45)35-41-29-18-26(20-32(48-4)33(29)43(35)3)36(46)42-30-21-44(17-15-27(30)38)37(47)49-22-24-11-8-7-9-12-24/h5,7-9,11-14,18-20,23,27,30H,1,6,10,15-17,21-22,39H2,2-4H3,(H,42,46)/t23-,27+,30+/m1/s1. The van der Waals surface area contributed by atoms with Gasteiger partial charge in [0.1, 0.15) is 29.7 Å². The number of carbonyl (C=O) groups excluding carboxylic acids is 2. The van der Waals surface area contributed by atoms with Gasteiger partial charge < -0.3 is 34.6 Å². The summed E-state index contributed by atoms with van der Waals surface area (Å²) in [5.41, 5.74) is 11.0. The number of fused-ring (bicyclic) bond motifs is 2. The molecule has 12 heteroatoms. The summed E-state index contributed by atoms with van der Waals surface area (Å²) in [6, 6.07) is 17.5. The number of likely N-dealkylation sites (tertiary alicyclic amines) is 1. The molecule has 2 amide bonds. The summed E-state index contributed by atoms with van der Waals surface area (Å²) in [6.07, 6.45) is 1.80. The lowest BCUT2D eigenvalue weighted by Gasteiger charge is -2.34. The number of hydrogen-bond donors (Lipinski definition) is 2. The van der Waals surface area contributed by atoms with Gasteiger partial charge in [-0.25, -0.2) is 19.2 Å². The Morgan fingerprint density at radius 3 is 2.69 bits per heavy atom. The molecule has 1 aliphatic rings. The Bertz CT molecular complexity index is 1990. The van der Waals surface area contributed by atoms with E-state index >= 15 is 4.39 Å². The summed E-state index contributed by atoms with van der Waals surface area (Å²) in [4.78, 5) is 37.7. The summed E-state index contributed by atoms with van der Waals surface area (Å²) in [6.45, 7) is 6.76. The molecule has 1 aliphatic heterocycles. The number of nitrogens with two attached hydrogens (primary N) is 1. The molecule has 0 aliphatic carbocycles. The van der Waals surface area contributed by atoms with Crippen LogP contribution in [0.25, 0.3) is 33.6 Å². The highest BCUT2D eigenvalue weighted by Crippen LogP contribution is 2.34. The lowest BCUT2D eigenvalue weighted by molar-refractivity contribution is 0.0591. The molecule has 3 aromatic heterocycles. The van der Waals surface area contributed by atoms with Crippen LogP contribution in [-0.2, 0) is 24.9 Å². The molecule has 5 aromatic rings. The summed E-state index contributed by atoms with van der Waals surface area (Å²) in [5.74, 6) is 0.624. The summed E-state index contributed by atoms with van der Waals surface area (Å²) >= 11 is 0. The van der Waals surface area contributed by atoms with Crippen molar-refractivity contribution in [2.75, 3.05) is 20.2 Å². The molecule has 0 bridgehead atoms. The Labute approximate surface area is 284 Å². The summed E-state index contributed by atoms with van der Waals surface area (Å²) < 4.78 is 30.4. The van der Waals surface area contributed by atoms with Crippen LogP contribution >= 0.6 is 0 Å². The number of nitrogens with one attached hydrogen (secondary N) is 1. The Hall–Kier alpha value is -5.23. The minimum absolute atomic E-state index is 0.0112. The quantitative estimate of drug-likeness (QED) is 0.129. The van der Waals surface area contributed by atoms with Crippen LogP contribution in [0.5, 0.6) is 5.75 Å². The molecule has 11 nitrogen and oxygen atoms in total. The van der Waals surface area contributed by atoms with E-state index in [9.17, 15) is 9.59 Å². The Morgan fingerprint density at radius 1 is 1.16 bits per heavy atom. The van der Waals surface area contributed by atoms with Gasteiger partial charge in [-0.3, -0.25) is 4.79 Å². The topological polar surface area (TPSA) is 130 Å². The van der Waals surface area contributed by atoms with Gasteiger partial charge >= 0.3 is 6.09 Å². The molecule has 6 rings (SSSR count). The number of methoxy groups -OCH3 is 1. The third-order valence-electron chi connectivity index (χ3n) is 8.98. The number of rotatable bonds is 11. The lowest BCUT2D eigenvalue weighted by atomic mass is 10.0. The number of halogens is 1. The molecule has 0 unspecified atom stereocenters. The van der Waals surface area contributed by atoms with Crippen molar-refractivity contribution in [3.8, 4) is 17.3 Å². The SMILES string of the molecule is C=CCCCn1c(-c2nc3cc(C(=O)N[C@H]4CN(C(=O)OCc5ccccc5)CC[C@@H]4F)cc(OC)c3n2C)cc2ccc([C@@H](C)N)nc21. The number of alkyl halides is 1. The molecule has 256 valence electrons. The molecule has 0 spiro atoms. The maximum Gasteiger partial charge on any atom is 0.410 e. The second-order valence-corrected chi connectivity index (χ2v) is 12.5. The number of benzene rings is 2. The van der Waals surface area contributed by atoms with Gasteiger partial charge in [0.15, 0.2) is 5.82 Å². The van der Waals surface area contributed by atoms with Gasteiger partial charge in [-0.05, 0) is 62.1 Å². The van der Waals surface area contributed by atoms with Crippen LogP contribution in [0.2, 0.25) is 0 Å². The molecule has 3 N–H and O–H groups in total. The van der Waals surface area contributed by atoms with Gasteiger partial charge in [0.05, 0.1) is 30.1 Å². The summed E-state index contributed by atoms with van der Waals surface area (Å²) in [5, 5.41) is 3.76. The van der Waals surface area contributed by atoms with Crippen molar-refractivity contribution < 1.29 is 23.5 Å². The van der Waals surface area contributed by atoms with E-state index in [1.165, 1.54) is 12.0 Å². The maximum atomic E-state index is 15.1. The highest BCUT2D eigenvalue weighted by atomic mass is 19.1. The highest BCUT2D eigenvalue weighted by molar-refractivity contribution is 6.00. The molecular weight excluding hydrogens is 625 g/mol.